The molecule has 1 atom stereocenters. The third kappa shape index (κ3) is 4.11. The fourth-order valence-electron chi connectivity index (χ4n) is 3.25. The number of hydrogen-bond acceptors (Lipinski definition) is 3. The summed E-state index contributed by atoms with van der Waals surface area (Å²) in [5.74, 6) is 0.337. The van der Waals surface area contributed by atoms with Crippen molar-refractivity contribution in [1.29, 1.82) is 0 Å². The van der Waals surface area contributed by atoms with Crippen molar-refractivity contribution in [2.75, 3.05) is 0 Å². The third-order valence-electron chi connectivity index (χ3n) is 4.59. The maximum atomic E-state index is 13.5. The number of ether oxygens (including phenoxy) is 1. The van der Waals surface area contributed by atoms with Crippen molar-refractivity contribution in [2.45, 2.75) is 18.9 Å². The number of ketones is 1. The molecule has 0 saturated heterocycles. The van der Waals surface area contributed by atoms with Gasteiger partial charge < -0.3 is 4.74 Å². The van der Waals surface area contributed by atoms with Gasteiger partial charge in [0.1, 0.15) is 11.6 Å². The Morgan fingerprint density at radius 3 is 2.38 bits per heavy atom. The Morgan fingerprint density at radius 1 is 1.03 bits per heavy atom. The highest BCUT2D eigenvalue weighted by Gasteiger charge is 2.21. The van der Waals surface area contributed by atoms with E-state index in [1.54, 1.807) is 47.7 Å². The van der Waals surface area contributed by atoms with Gasteiger partial charge in [-0.05, 0) is 83.4 Å². The van der Waals surface area contributed by atoms with Crippen LogP contribution < -0.4 is 4.74 Å². The molecule has 0 aliphatic rings. The molecule has 4 aromatic rings. The Kier molecular flexibility index (Phi) is 5.52. The predicted octanol–water partition coefficient (Wildman–Crippen LogP) is 7.37. The largest absolute Gasteiger partial charge is 0.480 e. The van der Waals surface area contributed by atoms with Gasteiger partial charge in [-0.25, -0.2) is 4.39 Å². The molecule has 5 heteroatoms. The molecular formula is C24H18BrFO2S. The summed E-state index contributed by atoms with van der Waals surface area (Å²) in [4.78, 5) is 14.3. The van der Waals surface area contributed by atoms with Crippen LogP contribution in [0.1, 0.15) is 28.4 Å². The van der Waals surface area contributed by atoms with Crippen LogP contribution in [0.5, 0.6) is 5.75 Å². The molecule has 0 N–H and O–H groups in total. The van der Waals surface area contributed by atoms with Gasteiger partial charge in [0.05, 0.1) is 0 Å². The van der Waals surface area contributed by atoms with E-state index in [-0.39, 0.29) is 16.6 Å². The van der Waals surface area contributed by atoms with Crippen LogP contribution in [0.4, 0.5) is 4.39 Å². The number of thiophene rings is 1. The normalized spacial score (nSPS) is 12.1. The van der Waals surface area contributed by atoms with E-state index in [9.17, 15) is 9.18 Å². The summed E-state index contributed by atoms with van der Waals surface area (Å²) in [5, 5.41) is 0.803. The van der Waals surface area contributed by atoms with E-state index >= 15 is 0 Å². The molecule has 0 amide bonds. The van der Waals surface area contributed by atoms with Gasteiger partial charge >= 0.3 is 0 Å². The Labute approximate surface area is 181 Å². The quantitative estimate of drug-likeness (QED) is 0.225. The minimum absolute atomic E-state index is 0.0575. The Bertz CT molecular complexity index is 1180. The first-order valence-corrected chi connectivity index (χ1v) is 10.9. The van der Waals surface area contributed by atoms with Crippen LogP contribution in [-0.4, -0.2) is 10.8 Å². The maximum Gasteiger partial charge on any atom is 0.195 e. The van der Waals surface area contributed by atoms with Crippen molar-refractivity contribution in [3.8, 4) is 16.2 Å². The average molecular weight is 469 g/mol. The summed E-state index contributed by atoms with van der Waals surface area (Å²) >= 11 is 4.91. The predicted molar refractivity (Wildman–Crippen MR) is 121 cm³/mol. The molecule has 0 radical (unpaired) electrons. The van der Waals surface area contributed by atoms with Crippen LogP contribution in [0.25, 0.3) is 20.5 Å². The van der Waals surface area contributed by atoms with Crippen LogP contribution in [0.15, 0.2) is 66.7 Å². The van der Waals surface area contributed by atoms with E-state index in [1.807, 2.05) is 26.0 Å². The number of benzene rings is 3. The molecule has 4 rings (SSSR count). The van der Waals surface area contributed by atoms with Crippen molar-refractivity contribution in [3.05, 3.63) is 89.2 Å². The number of alkyl halides is 1. The van der Waals surface area contributed by atoms with E-state index in [0.717, 1.165) is 26.1 Å². The molecule has 2 nitrogen and oxygen atoms in total. The zero-order valence-electron chi connectivity index (χ0n) is 15.9. The van der Waals surface area contributed by atoms with Crippen LogP contribution >= 0.6 is 27.3 Å². The van der Waals surface area contributed by atoms with Gasteiger partial charge in [0.2, 0.25) is 0 Å². The average Bonchev–Trinajstić information content (AvgIpc) is 3.06. The van der Waals surface area contributed by atoms with Crippen molar-refractivity contribution in [1.82, 2.24) is 0 Å². The lowest BCUT2D eigenvalue weighted by Gasteiger charge is -2.09. The van der Waals surface area contributed by atoms with Gasteiger partial charge in [0, 0.05) is 26.1 Å². The number of carbonyl (C=O) groups excluding carboxylic acids is 1. The molecule has 1 heterocycles. The van der Waals surface area contributed by atoms with E-state index in [0.29, 0.717) is 16.9 Å². The van der Waals surface area contributed by atoms with Crippen molar-refractivity contribution in [3.63, 3.8) is 0 Å². The van der Waals surface area contributed by atoms with E-state index < -0.39 is 0 Å². The van der Waals surface area contributed by atoms with Gasteiger partial charge in [-0.2, -0.15) is 0 Å². The summed E-state index contributed by atoms with van der Waals surface area (Å²) in [6, 6.07) is 19.5. The minimum Gasteiger partial charge on any atom is -0.480 e. The van der Waals surface area contributed by atoms with Gasteiger partial charge in [-0.1, -0.05) is 24.3 Å². The second-order valence-electron chi connectivity index (χ2n) is 6.83. The topological polar surface area (TPSA) is 26.3 Å². The molecule has 0 aliphatic carbocycles. The summed E-state index contributed by atoms with van der Waals surface area (Å²) in [6.07, 6.45) is 0. The number of halogens is 2. The number of fused-ring (bicyclic) bond motifs is 1. The first-order valence-electron chi connectivity index (χ1n) is 9.17. The Morgan fingerprint density at radius 2 is 1.72 bits per heavy atom. The lowest BCUT2D eigenvalue weighted by atomic mass is 9.97. The van der Waals surface area contributed by atoms with Gasteiger partial charge in [-0.3, -0.25) is 4.79 Å². The fraction of sp³-hybridized carbons (Fsp3) is 0.125. The molecule has 146 valence electrons. The highest BCUT2D eigenvalue weighted by Crippen LogP contribution is 2.40. The number of carbonyl (C=O) groups is 1. The van der Waals surface area contributed by atoms with Crippen LogP contribution in [0.2, 0.25) is 0 Å². The van der Waals surface area contributed by atoms with E-state index in [2.05, 4.69) is 22.0 Å². The second kappa shape index (κ2) is 8.09. The van der Waals surface area contributed by atoms with Crippen molar-refractivity contribution >= 4 is 43.1 Å². The molecule has 3 aromatic carbocycles. The smallest absolute Gasteiger partial charge is 0.195 e. The number of aryl methyl sites for hydroxylation is 1. The van der Waals surface area contributed by atoms with Crippen molar-refractivity contribution in [2.24, 2.45) is 0 Å². The molecule has 0 saturated carbocycles. The molecule has 0 bridgehead atoms. The molecular weight excluding hydrogens is 451 g/mol. The Hall–Kier alpha value is -2.50. The molecule has 1 unspecified atom stereocenters. The standard InChI is InChI=1S/C24H18BrFO2S/c1-14-3-12-20-21(13-14)29-24(17-4-8-18(26)9-5-17)22(20)23(27)16-6-10-19(11-7-16)28-15(2)25/h3-13,15H,1-2H3. The lowest BCUT2D eigenvalue weighted by Crippen LogP contribution is -2.04. The lowest BCUT2D eigenvalue weighted by molar-refractivity contribution is 0.104. The monoisotopic (exact) mass is 468 g/mol. The SMILES string of the molecule is Cc1ccc2c(C(=O)c3ccc(OC(C)Br)cc3)c(-c3ccc(F)cc3)sc2c1. The fourth-order valence-corrected chi connectivity index (χ4v) is 4.77. The maximum absolute atomic E-state index is 13.5. The van der Waals surface area contributed by atoms with Gasteiger partial charge in [-0.15, -0.1) is 11.3 Å². The van der Waals surface area contributed by atoms with Crippen LogP contribution in [0.3, 0.4) is 0 Å². The molecule has 0 spiro atoms. The molecule has 1 aromatic heterocycles. The highest BCUT2D eigenvalue weighted by molar-refractivity contribution is 9.09. The zero-order valence-corrected chi connectivity index (χ0v) is 18.3. The van der Waals surface area contributed by atoms with Gasteiger partial charge in [0.15, 0.2) is 10.8 Å². The third-order valence-corrected chi connectivity index (χ3v) is 5.98. The first-order chi connectivity index (χ1) is 13.9. The summed E-state index contributed by atoms with van der Waals surface area (Å²) in [5.41, 5.74) is 3.21. The summed E-state index contributed by atoms with van der Waals surface area (Å²) in [7, 11) is 0. The van der Waals surface area contributed by atoms with E-state index in [1.165, 1.54) is 12.1 Å². The number of hydrogen-bond donors (Lipinski definition) is 0. The van der Waals surface area contributed by atoms with Crippen molar-refractivity contribution < 1.29 is 13.9 Å². The summed E-state index contributed by atoms with van der Waals surface area (Å²) < 4.78 is 20.1. The Balaban J connectivity index is 1.83. The first kappa shape index (κ1) is 19.8. The van der Waals surface area contributed by atoms with Crippen LogP contribution in [-0.2, 0) is 0 Å². The highest BCUT2D eigenvalue weighted by atomic mass is 79.9. The minimum atomic E-state index is -0.296. The second-order valence-corrected chi connectivity index (χ2v) is 9.17. The summed E-state index contributed by atoms with van der Waals surface area (Å²) in [6.45, 7) is 3.91. The van der Waals surface area contributed by atoms with Gasteiger partial charge in [0.25, 0.3) is 0 Å². The molecule has 0 fully saturated rings. The number of rotatable bonds is 5. The molecule has 0 aliphatic heterocycles. The zero-order chi connectivity index (χ0) is 20.5. The van der Waals surface area contributed by atoms with Crippen LogP contribution in [0, 0.1) is 12.7 Å². The molecule has 29 heavy (non-hydrogen) atoms. The van der Waals surface area contributed by atoms with E-state index in [4.69, 9.17) is 4.74 Å².